The lowest BCUT2D eigenvalue weighted by atomic mass is 10.3. The molecule has 110 valence electrons. The summed E-state index contributed by atoms with van der Waals surface area (Å²) in [6.07, 6.45) is 1.61. The molecule has 1 aromatic carbocycles. The molecule has 0 saturated heterocycles. The minimum Gasteiger partial charge on any atom is -0.469 e. The predicted octanol–water partition coefficient (Wildman–Crippen LogP) is 4.54. The van der Waals surface area contributed by atoms with Gasteiger partial charge < -0.3 is 8.83 Å². The molecule has 0 radical (unpaired) electrons. The zero-order valence-electron chi connectivity index (χ0n) is 11.6. The number of rotatable bonds is 4. The van der Waals surface area contributed by atoms with Gasteiger partial charge in [-0.1, -0.05) is 23.9 Å². The van der Waals surface area contributed by atoms with E-state index in [0.717, 1.165) is 21.8 Å². The van der Waals surface area contributed by atoms with Gasteiger partial charge in [0.1, 0.15) is 10.8 Å². The maximum Gasteiger partial charge on any atom is 0.277 e. The van der Waals surface area contributed by atoms with Crippen molar-refractivity contribution in [3.8, 4) is 11.5 Å². The van der Waals surface area contributed by atoms with E-state index in [1.54, 1.807) is 17.6 Å². The Kier molecular flexibility index (Phi) is 3.44. The average molecular weight is 329 g/mol. The fraction of sp³-hybridized carbons (Fsp3) is 0.133. The van der Waals surface area contributed by atoms with Crippen LogP contribution in [0.4, 0.5) is 0 Å². The molecule has 0 atom stereocenters. The van der Waals surface area contributed by atoms with Crippen molar-refractivity contribution in [1.29, 1.82) is 0 Å². The number of hydrogen-bond acceptors (Lipinski definition) is 7. The molecule has 0 aliphatic carbocycles. The van der Waals surface area contributed by atoms with Crippen molar-refractivity contribution in [2.75, 3.05) is 0 Å². The highest BCUT2D eigenvalue weighted by Crippen LogP contribution is 2.30. The number of fused-ring (bicyclic) bond motifs is 1. The number of benzene rings is 1. The highest BCUT2D eigenvalue weighted by atomic mass is 32.2. The average Bonchev–Trinajstić information content (AvgIpc) is 3.23. The zero-order chi connectivity index (χ0) is 14.9. The number of thiazole rings is 1. The van der Waals surface area contributed by atoms with E-state index in [0.29, 0.717) is 16.9 Å². The van der Waals surface area contributed by atoms with Gasteiger partial charge in [0.25, 0.3) is 11.1 Å². The third-order valence-electron chi connectivity index (χ3n) is 3.15. The van der Waals surface area contributed by atoms with Crippen molar-refractivity contribution in [3.63, 3.8) is 0 Å². The van der Waals surface area contributed by atoms with E-state index >= 15 is 0 Å². The molecule has 0 fully saturated rings. The van der Waals surface area contributed by atoms with Crippen LogP contribution in [0.5, 0.6) is 0 Å². The van der Waals surface area contributed by atoms with Crippen molar-refractivity contribution in [3.05, 3.63) is 47.4 Å². The lowest BCUT2D eigenvalue weighted by Gasteiger charge is -1.92. The summed E-state index contributed by atoms with van der Waals surface area (Å²) >= 11 is 3.18. The Morgan fingerprint density at radius 3 is 2.91 bits per heavy atom. The Balaban J connectivity index is 1.50. The summed E-state index contributed by atoms with van der Waals surface area (Å²) in [7, 11) is 0. The topological polar surface area (TPSA) is 65.0 Å². The molecule has 22 heavy (non-hydrogen) atoms. The number of aryl methyl sites for hydroxylation is 1. The van der Waals surface area contributed by atoms with Gasteiger partial charge >= 0.3 is 0 Å². The van der Waals surface area contributed by atoms with Crippen LogP contribution in [0.3, 0.4) is 0 Å². The van der Waals surface area contributed by atoms with Crippen LogP contribution in [0.1, 0.15) is 10.8 Å². The van der Waals surface area contributed by atoms with Gasteiger partial charge in [-0.3, -0.25) is 0 Å². The molecule has 0 aliphatic rings. The smallest absolute Gasteiger partial charge is 0.277 e. The monoisotopic (exact) mass is 329 g/mol. The summed E-state index contributed by atoms with van der Waals surface area (Å²) in [5.74, 6) is 1.97. The molecule has 0 amide bonds. The second-order valence-corrected chi connectivity index (χ2v) is 6.67. The first kappa shape index (κ1) is 13.5. The van der Waals surface area contributed by atoms with Gasteiger partial charge in [-0.2, -0.15) is 0 Å². The molecule has 0 spiro atoms. The quantitative estimate of drug-likeness (QED) is 0.512. The van der Waals surface area contributed by atoms with Crippen LogP contribution < -0.4 is 0 Å². The molecule has 0 unspecified atom stereocenters. The normalized spacial score (nSPS) is 11.3. The maximum atomic E-state index is 5.66. The Morgan fingerprint density at radius 1 is 1.18 bits per heavy atom. The molecule has 0 saturated carbocycles. The Morgan fingerprint density at radius 2 is 2.09 bits per heavy atom. The van der Waals surface area contributed by atoms with Gasteiger partial charge in [-0.15, -0.1) is 21.5 Å². The van der Waals surface area contributed by atoms with Gasteiger partial charge in [0.05, 0.1) is 27.8 Å². The molecule has 7 heteroatoms. The minimum atomic E-state index is 0.484. The highest BCUT2D eigenvalue weighted by Gasteiger charge is 2.14. The highest BCUT2D eigenvalue weighted by molar-refractivity contribution is 7.98. The Hall–Kier alpha value is -2.12. The molecule has 0 bridgehead atoms. The zero-order valence-corrected chi connectivity index (χ0v) is 13.3. The first-order valence-electron chi connectivity index (χ1n) is 6.65. The summed E-state index contributed by atoms with van der Waals surface area (Å²) in [5.41, 5.74) is 1.86. The van der Waals surface area contributed by atoms with Gasteiger partial charge in [0.15, 0.2) is 0 Å². The lowest BCUT2D eigenvalue weighted by molar-refractivity contribution is 0.463. The Bertz CT molecular complexity index is 893. The number of hydrogen-bond donors (Lipinski definition) is 0. The summed E-state index contributed by atoms with van der Waals surface area (Å²) in [6, 6.07) is 9.94. The first-order valence-corrected chi connectivity index (χ1v) is 8.45. The fourth-order valence-electron chi connectivity index (χ4n) is 2.09. The maximum absolute atomic E-state index is 5.66. The summed E-state index contributed by atoms with van der Waals surface area (Å²) < 4.78 is 12.1. The van der Waals surface area contributed by atoms with E-state index in [9.17, 15) is 0 Å². The summed E-state index contributed by atoms with van der Waals surface area (Å²) in [4.78, 5) is 4.59. The van der Waals surface area contributed by atoms with Crippen LogP contribution in [-0.2, 0) is 5.75 Å². The minimum absolute atomic E-state index is 0.484. The van der Waals surface area contributed by atoms with Crippen molar-refractivity contribution in [2.45, 2.75) is 17.9 Å². The van der Waals surface area contributed by atoms with Crippen LogP contribution in [0, 0.1) is 6.92 Å². The molecule has 0 N–H and O–H groups in total. The van der Waals surface area contributed by atoms with Gasteiger partial charge in [-0.25, -0.2) is 4.98 Å². The number of furan rings is 1. The number of thioether (sulfide) groups is 1. The van der Waals surface area contributed by atoms with Crippen LogP contribution in [-0.4, -0.2) is 15.2 Å². The third kappa shape index (κ3) is 2.53. The van der Waals surface area contributed by atoms with E-state index in [1.165, 1.54) is 16.5 Å². The number of aromatic nitrogens is 3. The molecule has 5 nitrogen and oxygen atoms in total. The molecular formula is C15H11N3O2S2. The predicted molar refractivity (Wildman–Crippen MR) is 85.9 cm³/mol. The van der Waals surface area contributed by atoms with Gasteiger partial charge in [0.2, 0.25) is 0 Å². The fourth-order valence-corrected chi connectivity index (χ4v) is 3.81. The van der Waals surface area contributed by atoms with E-state index in [1.807, 2.05) is 31.2 Å². The van der Waals surface area contributed by atoms with Crippen LogP contribution in [0.25, 0.3) is 21.7 Å². The SMILES string of the molecule is Cc1occc1-c1nnc(SCc2nc3ccccc3s2)o1. The number of nitrogens with zero attached hydrogens (tertiary/aromatic N) is 3. The molecule has 3 heterocycles. The van der Waals surface area contributed by atoms with Crippen LogP contribution >= 0.6 is 23.1 Å². The second kappa shape index (κ2) is 5.58. The first-order chi connectivity index (χ1) is 10.8. The largest absolute Gasteiger partial charge is 0.469 e. The molecule has 3 aromatic heterocycles. The molecule has 0 aliphatic heterocycles. The number of para-hydroxylation sites is 1. The summed E-state index contributed by atoms with van der Waals surface area (Å²) in [6.45, 7) is 1.87. The molecular weight excluding hydrogens is 318 g/mol. The standard InChI is InChI=1S/C15H11N3O2S2/c1-9-10(6-7-19-9)14-17-18-15(20-14)21-8-13-16-11-4-2-3-5-12(11)22-13/h2-7H,8H2,1H3. The summed E-state index contributed by atoms with van der Waals surface area (Å²) in [5, 5.41) is 9.71. The van der Waals surface area contributed by atoms with E-state index < -0.39 is 0 Å². The molecule has 4 rings (SSSR count). The lowest BCUT2D eigenvalue weighted by Crippen LogP contribution is -1.78. The van der Waals surface area contributed by atoms with Crippen molar-refractivity contribution in [1.82, 2.24) is 15.2 Å². The van der Waals surface area contributed by atoms with Gasteiger partial charge in [0, 0.05) is 0 Å². The van der Waals surface area contributed by atoms with Crippen molar-refractivity contribution in [2.24, 2.45) is 0 Å². The van der Waals surface area contributed by atoms with E-state index in [2.05, 4.69) is 21.2 Å². The van der Waals surface area contributed by atoms with Gasteiger partial charge in [-0.05, 0) is 25.1 Å². The van der Waals surface area contributed by atoms with Crippen molar-refractivity contribution < 1.29 is 8.83 Å². The van der Waals surface area contributed by atoms with Crippen LogP contribution in [0.2, 0.25) is 0 Å². The Labute approximate surface area is 134 Å². The van der Waals surface area contributed by atoms with E-state index in [-0.39, 0.29) is 0 Å². The van der Waals surface area contributed by atoms with Crippen molar-refractivity contribution >= 4 is 33.3 Å². The van der Waals surface area contributed by atoms with Crippen LogP contribution in [0.15, 0.2) is 50.7 Å². The second-order valence-electron chi connectivity index (χ2n) is 4.63. The third-order valence-corrected chi connectivity index (χ3v) is 5.20. The van der Waals surface area contributed by atoms with E-state index in [4.69, 9.17) is 8.83 Å². The molecule has 4 aromatic rings.